The zero-order valence-electron chi connectivity index (χ0n) is 11.1. The van der Waals surface area contributed by atoms with Crippen molar-refractivity contribution < 1.29 is 13.6 Å². The first kappa shape index (κ1) is 15.1. The Labute approximate surface area is 121 Å². The molecule has 0 aromatic heterocycles. The van der Waals surface area contributed by atoms with E-state index in [2.05, 4.69) is 10.6 Å². The van der Waals surface area contributed by atoms with Crippen molar-refractivity contribution in [1.82, 2.24) is 5.32 Å². The molecule has 1 aliphatic carbocycles. The molecule has 20 heavy (non-hydrogen) atoms. The second kappa shape index (κ2) is 7.47. The van der Waals surface area contributed by atoms with Gasteiger partial charge in [-0.05, 0) is 37.1 Å². The van der Waals surface area contributed by atoms with Crippen molar-refractivity contribution >= 4 is 23.5 Å². The minimum Gasteiger partial charge on any atom is -0.335 e. The van der Waals surface area contributed by atoms with Gasteiger partial charge in [-0.3, -0.25) is 0 Å². The highest BCUT2D eigenvalue weighted by Crippen LogP contribution is 2.26. The van der Waals surface area contributed by atoms with Gasteiger partial charge in [0.25, 0.3) is 5.76 Å². The van der Waals surface area contributed by atoms with E-state index in [4.69, 9.17) is 0 Å². The fourth-order valence-corrected chi connectivity index (χ4v) is 2.82. The third-order valence-electron chi connectivity index (χ3n) is 3.28. The first-order chi connectivity index (χ1) is 9.63. The van der Waals surface area contributed by atoms with Crippen LogP contribution in [0.2, 0.25) is 0 Å². The SMILES string of the molecule is O=C(Nc1ccc(SC(F)F)cc1)NC1CCCCC1. The van der Waals surface area contributed by atoms with Crippen molar-refractivity contribution in [2.24, 2.45) is 0 Å². The van der Waals surface area contributed by atoms with Gasteiger partial charge in [0.2, 0.25) is 0 Å². The second-order valence-corrected chi connectivity index (χ2v) is 5.90. The van der Waals surface area contributed by atoms with E-state index in [0.717, 1.165) is 25.7 Å². The number of carbonyl (C=O) groups excluding carboxylic acids is 1. The van der Waals surface area contributed by atoms with E-state index in [-0.39, 0.29) is 12.1 Å². The minimum absolute atomic E-state index is 0.230. The lowest BCUT2D eigenvalue weighted by atomic mass is 9.96. The average molecular weight is 300 g/mol. The summed E-state index contributed by atoms with van der Waals surface area (Å²) in [5.41, 5.74) is 0.608. The molecule has 0 saturated heterocycles. The van der Waals surface area contributed by atoms with Gasteiger partial charge in [0.05, 0.1) is 0 Å². The minimum atomic E-state index is -2.43. The fourth-order valence-electron chi connectivity index (χ4n) is 2.32. The molecule has 2 amide bonds. The number of urea groups is 1. The van der Waals surface area contributed by atoms with Crippen LogP contribution < -0.4 is 10.6 Å². The molecular formula is C14H18F2N2OS. The van der Waals surface area contributed by atoms with E-state index >= 15 is 0 Å². The number of thioether (sulfide) groups is 1. The molecule has 0 unspecified atom stereocenters. The van der Waals surface area contributed by atoms with Crippen molar-refractivity contribution in [1.29, 1.82) is 0 Å². The standard InChI is InChI=1S/C14H18F2N2OS/c15-13(16)20-12-8-6-11(7-9-12)18-14(19)17-10-4-2-1-3-5-10/h6-10,13H,1-5H2,(H2,17,18,19). The summed E-state index contributed by atoms with van der Waals surface area (Å²) in [5, 5.41) is 5.66. The molecule has 1 fully saturated rings. The van der Waals surface area contributed by atoms with Crippen LogP contribution in [0.15, 0.2) is 29.2 Å². The highest BCUT2D eigenvalue weighted by Gasteiger charge is 2.15. The molecule has 0 heterocycles. The number of hydrogen-bond acceptors (Lipinski definition) is 2. The van der Waals surface area contributed by atoms with Gasteiger partial charge in [-0.1, -0.05) is 31.0 Å². The van der Waals surface area contributed by atoms with E-state index in [1.807, 2.05) is 0 Å². The third kappa shape index (κ3) is 5.00. The molecule has 0 bridgehead atoms. The van der Waals surface area contributed by atoms with Gasteiger partial charge in [-0.25, -0.2) is 4.79 Å². The Balaban J connectivity index is 1.81. The molecule has 0 aliphatic heterocycles. The molecule has 3 nitrogen and oxygen atoms in total. The molecule has 2 rings (SSSR count). The number of anilines is 1. The molecule has 1 aliphatic rings. The molecule has 0 spiro atoms. The van der Waals surface area contributed by atoms with Gasteiger partial charge in [-0.15, -0.1) is 0 Å². The van der Waals surface area contributed by atoms with Crippen LogP contribution >= 0.6 is 11.8 Å². The molecular weight excluding hydrogens is 282 g/mol. The normalized spacial score (nSPS) is 16.1. The van der Waals surface area contributed by atoms with E-state index in [0.29, 0.717) is 22.3 Å². The largest absolute Gasteiger partial charge is 0.335 e. The Morgan fingerprint density at radius 1 is 1.15 bits per heavy atom. The van der Waals surface area contributed by atoms with Gasteiger partial charge in [0.1, 0.15) is 0 Å². The Morgan fingerprint density at radius 3 is 2.40 bits per heavy atom. The smallest absolute Gasteiger partial charge is 0.319 e. The first-order valence-corrected chi connectivity index (χ1v) is 7.64. The number of hydrogen-bond donors (Lipinski definition) is 2. The van der Waals surface area contributed by atoms with E-state index in [1.165, 1.54) is 6.42 Å². The zero-order chi connectivity index (χ0) is 14.4. The van der Waals surface area contributed by atoms with Gasteiger partial charge < -0.3 is 10.6 Å². The lowest BCUT2D eigenvalue weighted by Crippen LogP contribution is -2.38. The molecule has 0 radical (unpaired) electrons. The van der Waals surface area contributed by atoms with Crippen LogP contribution in [-0.4, -0.2) is 17.8 Å². The van der Waals surface area contributed by atoms with Crippen LogP contribution in [0.4, 0.5) is 19.3 Å². The van der Waals surface area contributed by atoms with Crippen LogP contribution in [-0.2, 0) is 0 Å². The Bertz CT molecular complexity index is 433. The van der Waals surface area contributed by atoms with Crippen LogP contribution in [0.5, 0.6) is 0 Å². The molecule has 0 atom stereocenters. The summed E-state index contributed by atoms with van der Waals surface area (Å²) in [4.78, 5) is 12.3. The maximum Gasteiger partial charge on any atom is 0.319 e. The second-order valence-electron chi connectivity index (χ2n) is 4.84. The number of nitrogens with one attached hydrogen (secondary N) is 2. The van der Waals surface area contributed by atoms with Crippen molar-refractivity contribution in [3.63, 3.8) is 0 Å². The molecule has 110 valence electrons. The highest BCUT2D eigenvalue weighted by atomic mass is 32.2. The predicted octanol–water partition coefficient (Wildman–Crippen LogP) is 4.46. The van der Waals surface area contributed by atoms with Gasteiger partial charge in [0.15, 0.2) is 0 Å². The summed E-state index contributed by atoms with van der Waals surface area (Å²) in [7, 11) is 0. The summed E-state index contributed by atoms with van der Waals surface area (Å²) in [6.07, 6.45) is 5.60. The first-order valence-electron chi connectivity index (χ1n) is 6.76. The van der Waals surface area contributed by atoms with E-state index in [1.54, 1.807) is 24.3 Å². The highest BCUT2D eigenvalue weighted by molar-refractivity contribution is 7.99. The predicted molar refractivity (Wildman–Crippen MR) is 77.3 cm³/mol. The lowest BCUT2D eigenvalue weighted by Gasteiger charge is -2.22. The average Bonchev–Trinajstić information content (AvgIpc) is 2.41. The van der Waals surface area contributed by atoms with Gasteiger partial charge in [-0.2, -0.15) is 8.78 Å². The van der Waals surface area contributed by atoms with Crippen LogP contribution in [0.1, 0.15) is 32.1 Å². The van der Waals surface area contributed by atoms with E-state index < -0.39 is 5.76 Å². The third-order valence-corrected chi connectivity index (χ3v) is 4.00. The fraction of sp³-hybridized carbons (Fsp3) is 0.500. The Hall–Kier alpha value is -1.30. The zero-order valence-corrected chi connectivity index (χ0v) is 11.9. The number of rotatable bonds is 4. The maximum absolute atomic E-state index is 12.2. The van der Waals surface area contributed by atoms with E-state index in [9.17, 15) is 13.6 Å². The maximum atomic E-state index is 12.2. The van der Waals surface area contributed by atoms with Crippen LogP contribution in [0.3, 0.4) is 0 Å². The van der Waals surface area contributed by atoms with Crippen molar-refractivity contribution in [3.05, 3.63) is 24.3 Å². The monoisotopic (exact) mass is 300 g/mol. The molecule has 1 aromatic carbocycles. The van der Waals surface area contributed by atoms with Gasteiger partial charge in [0, 0.05) is 16.6 Å². The summed E-state index contributed by atoms with van der Waals surface area (Å²) < 4.78 is 24.3. The molecule has 1 aromatic rings. The number of amides is 2. The molecule has 2 N–H and O–H groups in total. The quantitative estimate of drug-likeness (QED) is 0.806. The van der Waals surface area contributed by atoms with Crippen molar-refractivity contribution in [2.75, 3.05) is 5.32 Å². The molecule has 6 heteroatoms. The van der Waals surface area contributed by atoms with Crippen molar-refractivity contribution in [3.8, 4) is 0 Å². The van der Waals surface area contributed by atoms with Crippen molar-refractivity contribution in [2.45, 2.75) is 48.8 Å². The summed E-state index contributed by atoms with van der Waals surface area (Å²) in [6.45, 7) is 0. The Kier molecular flexibility index (Phi) is 5.64. The topological polar surface area (TPSA) is 41.1 Å². The molecule has 1 saturated carbocycles. The number of alkyl halides is 2. The van der Waals surface area contributed by atoms with Crippen LogP contribution in [0.25, 0.3) is 0 Å². The summed E-state index contributed by atoms with van der Waals surface area (Å²) >= 11 is 0.493. The summed E-state index contributed by atoms with van der Waals surface area (Å²) in [6, 6.07) is 6.43. The lowest BCUT2D eigenvalue weighted by molar-refractivity contribution is 0.244. The Morgan fingerprint density at radius 2 is 1.80 bits per heavy atom. The van der Waals surface area contributed by atoms with Crippen LogP contribution in [0, 0.1) is 0 Å². The van der Waals surface area contributed by atoms with Gasteiger partial charge >= 0.3 is 6.03 Å². The number of benzene rings is 1. The number of carbonyl (C=O) groups is 1. The number of halogens is 2. The summed E-state index contributed by atoms with van der Waals surface area (Å²) in [5.74, 6) is -2.43.